The van der Waals surface area contributed by atoms with Gasteiger partial charge in [0.1, 0.15) is 5.82 Å². The zero-order valence-corrected chi connectivity index (χ0v) is 10.6. The van der Waals surface area contributed by atoms with Crippen LogP contribution in [0.3, 0.4) is 0 Å². The van der Waals surface area contributed by atoms with E-state index in [1.807, 2.05) is 0 Å². The molecule has 0 spiro atoms. The molecule has 1 saturated carbocycles. The van der Waals surface area contributed by atoms with Gasteiger partial charge in [-0.1, -0.05) is 24.2 Å². The zero-order valence-electron chi connectivity index (χ0n) is 9.74. The van der Waals surface area contributed by atoms with E-state index >= 15 is 0 Å². The van der Waals surface area contributed by atoms with Gasteiger partial charge in [0, 0.05) is 12.1 Å². The highest BCUT2D eigenvalue weighted by atomic mass is 32.1. The number of thiazole rings is 1. The quantitative estimate of drug-likeness (QED) is 0.886. The van der Waals surface area contributed by atoms with Crippen molar-refractivity contribution >= 4 is 26.7 Å². The fraction of sp³-hybridized carbons (Fsp3) is 0.462. The minimum Gasteiger partial charge on any atom is -0.359 e. The van der Waals surface area contributed by atoms with Crippen LogP contribution < -0.4 is 5.32 Å². The average molecular weight is 250 g/mol. The largest absolute Gasteiger partial charge is 0.359 e. The molecule has 1 aliphatic carbocycles. The van der Waals surface area contributed by atoms with Crippen molar-refractivity contribution in [3.63, 3.8) is 0 Å². The molecule has 4 heteroatoms. The third kappa shape index (κ3) is 2.57. The van der Waals surface area contributed by atoms with E-state index in [0.29, 0.717) is 6.04 Å². The van der Waals surface area contributed by atoms with Crippen LogP contribution in [0.25, 0.3) is 10.2 Å². The van der Waals surface area contributed by atoms with Crippen LogP contribution >= 0.6 is 11.3 Å². The molecule has 1 aromatic heterocycles. The van der Waals surface area contributed by atoms with Gasteiger partial charge in [0.05, 0.1) is 10.2 Å². The molecule has 1 aliphatic rings. The molecule has 2 aromatic rings. The van der Waals surface area contributed by atoms with Crippen LogP contribution in [-0.2, 0) is 0 Å². The molecule has 0 amide bonds. The van der Waals surface area contributed by atoms with Gasteiger partial charge in [0.25, 0.3) is 0 Å². The molecular formula is C13H15FN2S. The Morgan fingerprint density at radius 1 is 1.53 bits per heavy atom. The van der Waals surface area contributed by atoms with Crippen molar-refractivity contribution in [1.29, 1.82) is 0 Å². The zero-order chi connectivity index (χ0) is 11.8. The molecule has 17 heavy (non-hydrogen) atoms. The van der Waals surface area contributed by atoms with E-state index in [2.05, 4.69) is 17.2 Å². The van der Waals surface area contributed by atoms with Crippen LogP contribution in [0.15, 0.2) is 18.2 Å². The summed E-state index contributed by atoms with van der Waals surface area (Å²) in [6, 6.07) is 5.22. The number of fused-ring (bicyclic) bond motifs is 1. The Bertz CT molecular complexity index is 533. The minimum absolute atomic E-state index is 0.222. The van der Waals surface area contributed by atoms with E-state index in [1.165, 1.54) is 31.4 Å². The second-order valence-corrected chi connectivity index (χ2v) is 5.89. The first kappa shape index (κ1) is 11.0. The number of halogens is 1. The highest BCUT2D eigenvalue weighted by Gasteiger charge is 2.23. The Balaban J connectivity index is 1.75. The fourth-order valence-corrected chi connectivity index (χ4v) is 3.04. The van der Waals surface area contributed by atoms with E-state index in [-0.39, 0.29) is 5.82 Å². The number of rotatable bonds is 4. The SMILES string of the molecule is CC(CC1CC1)Nc1nc2cc(F)ccc2s1. The van der Waals surface area contributed by atoms with Crippen molar-refractivity contribution in [2.75, 3.05) is 5.32 Å². The van der Waals surface area contributed by atoms with Gasteiger partial charge in [0.15, 0.2) is 5.13 Å². The molecule has 0 aliphatic heterocycles. The topological polar surface area (TPSA) is 24.9 Å². The lowest BCUT2D eigenvalue weighted by Crippen LogP contribution is -2.15. The van der Waals surface area contributed by atoms with Crippen molar-refractivity contribution in [3.8, 4) is 0 Å². The first-order valence-corrected chi connectivity index (χ1v) is 6.85. The molecule has 0 saturated heterocycles. The maximum atomic E-state index is 13.0. The fourth-order valence-electron chi connectivity index (χ4n) is 2.09. The standard InChI is InChI=1S/C13H15FN2S/c1-8(6-9-2-3-9)15-13-16-11-7-10(14)4-5-12(11)17-13/h4-5,7-9H,2-3,6H2,1H3,(H,15,16). The van der Waals surface area contributed by atoms with Gasteiger partial charge >= 0.3 is 0 Å². The summed E-state index contributed by atoms with van der Waals surface area (Å²) in [6.45, 7) is 2.19. The monoisotopic (exact) mass is 250 g/mol. The van der Waals surface area contributed by atoms with E-state index in [4.69, 9.17) is 0 Å². The van der Waals surface area contributed by atoms with E-state index < -0.39 is 0 Å². The molecule has 90 valence electrons. The first-order valence-electron chi connectivity index (χ1n) is 6.03. The molecule has 1 aromatic carbocycles. The average Bonchev–Trinajstić information content (AvgIpc) is 2.97. The van der Waals surface area contributed by atoms with Gasteiger partial charge < -0.3 is 5.32 Å². The lowest BCUT2D eigenvalue weighted by Gasteiger charge is -2.11. The number of hydrogen-bond donors (Lipinski definition) is 1. The summed E-state index contributed by atoms with van der Waals surface area (Å²) in [7, 11) is 0. The first-order chi connectivity index (χ1) is 8.20. The number of hydrogen-bond acceptors (Lipinski definition) is 3. The van der Waals surface area contributed by atoms with Gasteiger partial charge in [0.2, 0.25) is 0 Å². The number of nitrogens with zero attached hydrogens (tertiary/aromatic N) is 1. The Morgan fingerprint density at radius 2 is 2.35 bits per heavy atom. The number of aromatic nitrogens is 1. The third-order valence-corrected chi connectivity index (χ3v) is 4.07. The lowest BCUT2D eigenvalue weighted by molar-refractivity contribution is 0.629. The van der Waals surface area contributed by atoms with Crippen LogP contribution in [0.1, 0.15) is 26.2 Å². The Labute approximate surface area is 104 Å². The van der Waals surface area contributed by atoms with Crippen molar-refractivity contribution in [1.82, 2.24) is 4.98 Å². The summed E-state index contributed by atoms with van der Waals surface area (Å²) < 4.78 is 14.1. The summed E-state index contributed by atoms with van der Waals surface area (Å²) in [6.07, 6.45) is 3.96. The summed E-state index contributed by atoms with van der Waals surface area (Å²) in [5.74, 6) is 0.685. The molecule has 2 nitrogen and oxygen atoms in total. The maximum Gasteiger partial charge on any atom is 0.184 e. The third-order valence-electron chi connectivity index (χ3n) is 3.10. The van der Waals surface area contributed by atoms with Crippen molar-refractivity contribution in [2.45, 2.75) is 32.2 Å². The van der Waals surface area contributed by atoms with Crippen LogP contribution in [-0.4, -0.2) is 11.0 Å². The predicted molar refractivity (Wildman–Crippen MR) is 70.0 cm³/mol. The predicted octanol–water partition coefficient (Wildman–Crippen LogP) is 4.04. The molecule has 3 rings (SSSR count). The number of benzene rings is 1. The molecule has 0 bridgehead atoms. The minimum atomic E-state index is -0.222. The smallest absolute Gasteiger partial charge is 0.184 e. The molecule has 1 heterocycles. The van der Waals surface area contributed by atoms with Crippen LogP contribution in [0, 0.1) is 11.7 Å². The maximum absolute atomic E-state index is 13.0. The summed E-state index contributed by atoms with van der Waals surface area (Å²) in [4.78, 5) is 4.41. The summed E-state index contributed by atoms with van der Waals surface area (Å²) >= 11 is 1.59. The summed E-state index contributed by atoms with van der Waals surface area (Å²) in [5.41, 5.74) is 0.746. The second-order valence-electron chi connectivity index (χ2n) is 4.86. The summed E-state index contributed by atoms with van der Waals surface area (Å²) in [5, 5.41) is 4.31. The molecular weight excluding hydrogens is 235 g/mol. The Morgan fingerprint density at radius 3 is 3.12 bits per heavy atom. The van der Waals surface area contributed by atoms with E-state index in [9.17, 15) is 4.39 Å². The van der Waals surface area contributed by atoms with Crippen LogP contribution in [0.5, 0.6) is 0 Å². The Hall–Kier alpha value is -1.16. The highest BCUT2D eigenvalue weighted by Crippen LogP contribution is 2.34. The van der Waals surface area contributed by atoms with Gasteiger partial charge in [-0.15, -0.1) is 0 Å². The van der Waals surface area contributed by atoms with E-state index in [0.717, 1.165) is 21.3 Å². The molecule has 1 unspecified atom stereocenters. The molecule has 0 radical (unpaired) electrons. The normalized spacial score (nSPS) is 17.3. The molecule has 1 N–H and O–H groups in total. The molecule has 1 fully saturated rings. The molecule has 1 atom stereocenters. The van der Waals surface area contributed by atoms with Crippen molar-refractivity contribution in [3.05, 3.63) is 24.0 Å². The lowest BCUT2D eigenvalue weighted by atomic mass is 10.2. The van der Waals surface area contributed by atoms with E-state index in [1.54, 1.807) is 17.4 Å². The van der Waals surface area contributed by atoms with Gasteiger partial charge in [-0.25, -0.2) is 9.37 Å². The highest BCUT2D eigenvalue weighted by molar-refractivity contribution is 7.22. The van der Waals surface area contributed by atoms with Gasteiger partial charge in [-0.2, -0.15) is 0 Å². The van der Waals surface area contributed by atoms with Crippen LogP contribution in [0.2, 0.25) is 0 Å². The Kier molecular flexibility index (Phi) is 2.74. The van der Waals surface area contributed by atoms with Gasteiger partial charge in [-0.05, 0) is 31.4 Å². The van der Waals surface area contributed by atoms with Crippen LogP contribution in [0.4, 0.5) is 9.52 Å². The number of anilines is 1. The second kappa shape index (κ2) is 4.26. The number of nitrogens with one attached hydrogen (secondary N) is 1. The van der Waals surface area contributed by atoms with Crippen molar-refractivity contribution in [2.24, 2.45) is 5.92 Å². The van der Waals surface area contributed by atoms with Gasteiger partial charge in [-0.3, -0.25) is 0 Å². The van der Waals surface area contributed by atoms with Crippen molar-refractivity contribution < 1.29 is 4.39 Å².